The molecule has 0 atom stereocenters. The molecular formula is C13H23N5O. The Balaban J connectivity index is 1.71. The van der Waals surface area contributed by atoms with E-state index in [1.807, 2.05) is 0 Å². The van der Waals surface area contributed by atoms with Crippen molar-refractivity contribution < 1.29 is 4.79 Å². The van der Waals surface area contributed by atoms with Crippen LogP contribution >= 0.6 is 0 Å². The fourth-order valence-electron chi connectivity index (χ4n) is 2.58. The van der Waals surface area contributed by atoms with Gasteiger partial charge in [0.2, 0.25) is 5.91 Å². The quantitative estimate of drug-likeness (QED) is 0.869. The number of nitrogens with one attached hydrogen (secondary N) is 1. The minimum Gasteiger partial charge on any atom is -0.356 e. The fourth-order valence-corrected chi connectivity index (χ4v) is 2.58. The molecule has 6 nitrogen and oxygen atoms in total. The summed E-state index contributed by atoms with van der Waals surface area (Å²) in [5.41, 5.74) is 0. The molecule has 0 aromatic carbocycles. The molecule has 1 aliphatic carbocycles. The third-order valence-electron chi connectivity index (χ3n) is 3.74. The smallest absolute Gasteiger partial charge is 0.223 e. The Morgan fingerprint density at radius 2 is 2.11 bits per heavy atom. The second-order valence-electron chi connectivity index (χ2n) is 5.89. The van der Waals surface area contributed by atoms with Gasteiger partial charge in [-0.1, -0.05) is 13.8 Å². The molecule has 1 N–H and O–H groups in total. The van der Waals surface area contributed by atoms with Gasteiger partial charge >= 0.3 is 0 Å². The molecule has 1 heterocycles. The molecule has 0 aliphatic heterocycles. The molecule has 106 valence electrons. The molecule has 1 saturated carbocycles. The number of hydrogen-bond acceptors (Lipinski definition) is 4. The first-order chi connectivity index (χ1) is 9.15. The molecule has 1 fully saturated rings. The highest BCUT2D eigenvalue weighted by molar-refractivity contribution is 5.78. The Bertz CT molecular complexity index is 382. The van der Waals surface area contributed by atoms with Crippen molar-refractivity contribution in [2.75, 3.05) is 6.54 Å². The van der Waals surface area contributed by atoms with Crippen LogP contribution < -0.4 is 5.32 Å². The second-order valence-corrected chi connectivity index (χ2v) is 5.89. The highest BCUT2D eigenvalue weighted by atomic mass is 16.1. The van der Waals surface area contributed by atoms with E-state index in [2.05, 4.69) is 34.7 Å². The van der Waals surface area contributed by atoms with Crippen LogP contribution in [0.3, 0.4) is 0 Å². The Hall–Kier alpha value is -1.46. The number of rotatable bonds is 5. The van der Waals surface area contributed by atoms with E-state index in [1.165, 1.54) is 0 Å². The molecule has 0 bridgehead atoms. The predicted molar refractivity (Wildman–Crippen MR) is 71.1 cm³/mol. The van der Waals surface area contributed by atoms with Gasteiger partial charge in [0.1, 0.15) is 6.33 Å². The summed E-state index contributed by atoms with van der Waals surface area (Å²) in [6, 6.07) is 0. The van der Waals surface area contributed by atoms with E-state index < -0.39 is 0 Å². The van der Waals surface area contributed by atoms with Crippen LogP contribution in [0, 0.1) is 17.8 Å². The van der Waals surface area contributed by atoms with Gasteiger partial charge < -0.3 is 5.32 Å². The van der Waals surface area contributed by atoms with Crippen molar-refractivity contribution >= 4 is 5.91 Å². The highest BCUT2D eigenvalue weighted by Crippen LogP contribution is 2.29. The first kappa shape index (κ1) is 14.0. The van der Waals surface area contributed by atoms with E-state index >= 15 is 0 Å². The van der Waals surface area contributed by atoms with Crippen LogP contribution in [0.15, 0.2) is 6.33 Å². The summed E-state index contributed by atoms with van der Waals surface area (Å²) in [7, 11) is 0. The van der Waals surface area contributed by atoms with E-state index in [1.54, 1.807) is 11.0 Å². The third kappa shape index (κ3) is 4.29. The Labute approximate surface area is 113 Å². The summed E-state index contributed by atoms with van der Waals surface area (Å²) in [5, 5.41) is 14.2. The average molecular weight is 265 g/mol. The predicted octanol–water partition coefficient (Wildman–Crippen LogP) is 1.25. The zero-order chi connectivity index (χ0) is 13.7. The number of carbonyl (C=O) groups is 1. The maximum Gasteiger partial charge on any atom is 0.223 e. The van der Waals surface area contributed by atoms with E-state index in [0.717, 1.165) is 38.8 Å². The van der Waals surface area contributed by atoms with Gasteiger partial charge in [0.05, 0.1) is 0 Å². The molecule has 0 unspecified atom stereocenters. The van der Waals surface area contributed by atoms with Gasteiger partial charge in [-0.15, -0.1) is 5.10 Å². The van der Waals surface area contributed by atoms with Crippen molar-refractivity contribution in [1.29, 1.82) is 0 Å². The van der Waals surface area contributed by atoms with Crippen LogP contribution in [0.5, 0.6) is 0 Å². The number of tetrazole rings is 1. The summed E-state index contributed by atoms with van der Waals surface area (Å²) in [6.07, 6.45) is 5.79. The third-order valence-corrected chi connectivity index (χ3v) is 3.74. The second kappa shape index (κ2) is 6.63. The molecule has 0 saturated heterocycles. The summed E-state index contributed by atoms with van der Waals surface area (Å²) < 4.78 is 1.78. The first-order valence-electron chi connectivity index (χ1n) is 7.13. The minimum absolute atomic E-state index is 0.198. The zero-order valence-corrected chi connectivity index (χ0v) is 11.7. The van der Waals surface area contributed by atoms with E-state index in [9.17, 15) is 4.79 Å². The number of nitrogens with zero attached hydrogens (tertiary/aromatic N) is 4. The SMILES string of the molecule is CC(C)CNC(=O)C1CCC(Cn2cnnn2)CC1. The Kier molecular flexibility index (Phi) is 4.87. The molecule has 6 heteroatoms. The van der Waals surface area contributed by atoms with Crippen molar-refractivity contribution in [2.24, 2.45) is 17.8 Å². The van der Waals surface area contributed by atoms with Gasteiger partial charge in [-0.3, -0.25) is 4.79 Å². The lowest BCUT2D eigenvalue weighted by Gasteiger charge is -2.27. The van der Waals surface area contributed by atoms with E-state index in [-0.39, 0.29) is 11.8 Å². The monoisotopic (exact) mass is 265 g/mol. The molecule has 1 aromatic heterocycles. The van der Waals surface area contributed by atoms with Gasteiger partial charge in [-0.2, -0.15) is 0 Å². The fraction of sp³-hybridized carbons (Fsp3) is 0.846. The van der Waals surface area contributed by atoms with Gasteiger partial charge in [0, 0.05) is 19.0 Å². The Morgan fingerprint density at radius 1 is 1.37 bits per heavy atom. The van der Waals surface area contributed by atoms with Gasteiger partial charge in [-0.05, 0) is 47.9 Å². The molecule has 2 rings (SSSR count). The van der Waals surface area contributed by atoms with Crippen LogP contribution in [0.1, 0.15) is 39.5 Å². The van der Waals surface area contributed by atoms with E-state index in [0.29, 0.717) is 11.8 Å². The molecule has 0 spiro atoms. The van der Waals surface area contributed by atoms with Gasteiger partial charge in [0.15, 0.2) is 0 Å². The van der Waals surface area contributed by atoms with Crippen LogP contribution in [0.4, 0.5) is 0 Å². The number of carbonyl (C=O) groups excluding carboxylic acids is 1. The van der Waals surface area contributed by atoms with Crippen molar-refractivity contribution in [1.82, 2.24) is 25.5 Å². The lowest BCUT2D eigenvalue weighted by atomic mass is 9.81. The van der Waals surface area contributed by atoms with Crippen LogP contribution in [0.2, 0.25) is 0 Å². The normalized spacial score (nSPS) is 23.5. The average Bonchev–Trinajstić information content (AvgIpc) is 2.89. The molecule has 19 heavy (non-hydrogen) atoms. The Morgan fingerprint density at radius 3 is 2.68 bits per heavy atom. The summed E-state index contributed by atoms with van der Waals surface area (Å²) in [6.45, 7) is 5.88. The van der Waals surface area contributed by atoms with Gasteiger partial charge in [0.25, 0.3) is 0 Å². The van der Waals surface area contributed by atoms with Crippen molar-refractivity contribution in [3.05, 3.63) is 6.33 Å². The molecule has 0 radical (unpaired) electrons. The molecule has 1 aliphatic rings. The lowest BCUT2D eigenvalue weighted by molar-refractivity contribution is -0.126. The largest absolute Gasteiger partial charge is 0.356 e. The number of aromatic nitrogens is 4. The minimum atomic E-state index is 0.198. The molecular weight excluding hydrogens is 242 g/mol. The summed E-state index contributed by atoms with van der Waals surface area (Å²) in [5.74, 6) is 1.54. The number of amides is 1. The maximum absolute atomic E-state index is 12.0. The van der Waals surface area contributed by atoms with Crippen LogP contribution in [0.25, 0.3) is 0 Å². The van der Waals surface area contributed by atoms with Crippen LogP contribution in [-0.2, 0) is 11.3 Å². The molecule has 1 amide bonds. The highest BCUT2D eigenvalue weighted by Gasteiger charge is 2.26. The van der Waals surface area contributed by atoms with Crippen molar-refractivity contribution in [2.45, 2.75) is 46.1 Å². The molecule has 1 aromatic rings. The summed E-state index contributed by atoms with van der Waals surface area (Å²) >= 11 is 0. The van der Waals surface area contributed by atoms with Crippen molar-refractivity contribution in [3.63, 3.8) is 0 Å². The first-order valence-corrected chi connectivity index (χ1v) is 7.13. The topological polar surface area (TPSA) is 72.7 Å². The maximum atomic E-state index is 12.0. The van der Waals surface area contributed by atoms with Gasteiger partial charge in [-0.25, -0.2) is 4.68 Å². The number of hydrogen-bond donors (Lipinski definition) is 1. The van der Waals surface area contributed by atoms with Crippen molar-refractivity contribution in [3.8, 4) is 0 Å². The zero-order valence-electron chi connectivity index (χ0n) is 11.7. The van der Waals surface area contributed by atoms with E-state index in [4.69, 9.17) is 0 Å². The summed E-state index contributed by atoms with van der Waals surface area (Å²) in [4.78, 5) is 12.0. The standard InChI is InChI=1S/C13H23N5O/c1-10(2)7-14-13(19)12-5-3-11(4-6-12)8-18-9-15-16-17-18/h9-12H,3-8H2,1-2H3,(H,14,19). The lowest BCUT2D eigenvalue weighted by Crippen LogP contribution is -2.35. The van der Waals surface area contributed by atoms with Crippen LogP contribution in [-0.4, -0.2) is 32.7 Å².